The summed E-state index contributed by atoms with van der Waals surface area (Å²) in [6.07, 6.45) is 0. The summed E-state index contributed by atoms with van der Waals surface area (Å²) in [6, 6.07) is 19.4. The Hall–Kier alpha value is -4.30. The Labute approximate surface area is 212 Å². The lowest BCUT2D eigenvalue weighted by molar-refractivity contribution is 0.394. The third-order valence-corrected chi connectivity index (χ3v) is 6.59. The lowest BCUT2D eigenvalue weighted by atomic mass is 10.2. The van der Waals surface area contributed by atoms with Crippen LogP contribution in [-0.2, 0) is 20.2 Å². The summed E-state index contributed by atoms with van der Waals surface area (Å²) < 4.78 is 81.1. The minimum absolute atomic E-state index is 0.194. The number of nitrogens with two attached hydrogens (primary N) is 2. The van der Waals surface area contributed by atoms with Crippen molar-refractivity contribution in [2.24, 2.45) is 0 Å². The predicted molar refractivity (Wildman–Crippen MR) is 134 cm³/mol. The van der Waals surface area contributed by atoms with Gasteiger partial charge in [0.1, 0.15) is 11.5 Å². The summed E-state index contributed by atoms with van der Waals surface area (Å²) in [7, 11) is -8.72. The van der Waals surface area contributed by atoms with E-state index in [9.17, 15) is 16.8 Å². The Kier molecular flexibility index (Phi) is 6.96. The van der Waals surface area contributed by atoms with Crippen molar-refractivity contribution in [2.75, 3.05) is 11.5 Å². The number of ether oxygens (including phenoxy) is 3. The van der Waals surface area contributed by atoms with Crippen molar-refractivity contribution in [1.82, 2.24) is 0 Å². The van der Waals surface area contributed by atoms with E-state index in [0.717, 1.165) is 0 Å². The number of hydrogen-bond donors (Lipinski definition) is 4. The molecule has 0 spiro atoms. The van der Waals surface area contributed by atoms with E-state index in [4.69, 9.17) is 34.8 Å². The first-order valence-electron chi connectivity index (χ1n) is 10.4. The van der Waals surface area contributed by atoms with Gasteiger partial charge in [-0.3, -0.25) is 9.11 Å². The van der Waals surface area contributed by atoms with E-state index < -0.39 is 20.2 Å². The highest BCUT2D eigenvalue weighted by atomic mass is 32.2. The number of hydrogen-bond acceptors (Lipinski definition) is 9. The fourth-order valence-electron chi connectivity index (χ4n) is 3.11. The molecule has 0 aliphatic rings. The Morgan fingerprint density at radius 3 is 1.16 bits per heavy atom. The average Bonchev–Trinajstić information content (AvgIpc) is 2.82. The van der Waals surface area contributed by atoms with Crippen molar-refractivity contribution >= 4 is 31.6 Å². The molecule has 0 atom stereocenters. The average molecular weight is 545 g/mol. The minimum Gasteiger partial charge on any atom is -0.453 e. The topological polar surface area (TPSA) is 188 Å². The molecule has 4 aromatic carbocycles. The second kappa shape index (κ2) is 9.99. The normalized spacial score (nSPS) is 11.6. The van der Waals surface area contributed by atoms with Gasteiger partial charge in [0.25, 0.3) is 20.2 Å². The van der Waals surface area contributed by atoms with Crippen molar-refractivity contribution < 1.29 is 40.2 Å². The van der Waals surface area contributed by atoms with Gasteiger partial charge in [-0.05, 0) is 72.8 Å². The van der Waals surface area contributed by atoms with Gasteiger partial charge in [0, 0.05) is 23.5 Å². The highest BCUT2D eigenvalue weighted by molar-refractivity contribution is 7.86. The molecule has 0 saturated carbocycles. The zero-order chi connectivity index (χ0) is 26.8. The highest BCUT2D eigenvalue weighted by Gasteiger charge is 2.15. The van der Waals surface area contributed by atoms with Crippen LogP contribution < -0.4 is 25.7 Å². The molecule has 0 aromatic heterocycles. The molecule has 0 fully saturated rings. The molecule has 37 heavy (non-hydrogen) atoms. The van der Waals surface area contributed by atoms with Crippen LogP contribution in [0, 0.1) is 0 Å². The SMILES string of the molecule is Nc1ccc(Oc2ccc(N)cc2Oc2ccc(S(=O)(=O)O)cc2)c(Oc2ccc(S(=O)(=O)O)cc2)c1. The van der Waals surface area contributed by atoms with Gasteiger partial charge in [-0.25, -0.2) is 0 Å². The Morgan fingerprint density at radius 1 is 0.486 bits per heavy atom. The molecule has 4 rings (SSSR count). The molecule has 0 unspecified atom stereocenters. The standard InChI is InChI=1S/C24H20N2O9S2/c25-15-1-11-21(23(13-15)33-17-3-7-19(8-4-17)36(27,28)29)35-22-12-2-16(26)14-24(22)34-18-5-9-20(10-6-18)37(30,31)32/h1-14H,25-26H2,(H,27,28,29)(H,30,31,32). The van der Waals surface area contributed by atoms with E-state index in [1.54, 1.807) is 24.3 Å². The molecular weight excluding hydrogens is 524 g/mol. The van der Waals surface area contributed by atoms with Crippen LogP contribution in [0.5, 0.6) is 34.5 Å². The van der Waals surface area contributed by atoms with Gasteiger partial charge in [-0.1, -0.05) is 0 Å². The molecule has 13 heteroatoms. The summed E-state index contributed by atoms with van der Waals surface area (Å²) in [4.78, 5) is -0.589. The van der Waals surface area contributed by atoms with Gasteiger partial charge in [0.2, 0.25) is 0 Å². The van der Waals surface area contributed by atoms with E-state index in [2.05, 4.69) is 0 Å². The van der Waals surface area contributed by atoms with E-state index in [0.29, 0.717) is 11.4 Å². The first-order chi connectivity index (χ1) is 17.4. The van der Waals surface area contributed by atoms with Gasteiger partial charge in [0.15, 0.2) is 23.0 Å². The van der Waals surface area contributed by atoms with Gasteiger partial charge >= 0.3 is 0 Å². The molecule has 0 bridgehead atoms. The molecule has 0 aliphatic carbocycles. The molecule has 0 aliphatic heterocycles. The fourth-order valence-corrected chi connectivity index (χ4v) is 4.07. The Bertz CT molecular complexity index is 1530. The summed E-state index contributed by atoms with van der Waals surface area (Å²) in [5.41, 5.74) is 12.5. The maximum absolute atomic E-state index is 11.3. The zero-order valence-electron chi connectivity index (χ0n) is 18.8. The number of anilines is 2. The summed E-state index contributed by atoms with van der Waals surface area (Å²) in [5, 5.41) is 0. The van der Waals surface area contributed by atoms with Crippen LogP contribution in [0.4, 0.5) is 11.4 Å². The summed E-state index contributed by atoms with van der Waals surface area (Å²) in [6.45, 7) is 0. The van der Waals surface area contributed by atoms with E-state index in [1.807, 2.05) is 0 Å². The lowest BCUT2D eigenvalue weighted by Crippen LogP contribution is -1.98. The Balaban J connectivity index is 1.62. The molecular formula is C24H20N2O9S2. The highest BCUT2D eigenvalue weighted by Crippen LogP contribution is 2.41. The van der Waals surface area contributed by atoms with Gasteiger partial charge < -0.3 is 25.7 Å². The van der Waals surface area contributed by atoms with Crippen molar-refractivity contribution in [3.8, 4) is 34.5 Å². The maximum atomic E-state index is 11.3. The molecule has 192 valence electrons. The third-order valence-electron chi connectivity index (χ3n) is 4.85. The van der Waals surface area contributed by atoms with Crippen LogP contribution in [0.25, 0.3) is 0 Å². The van der Waals surface area contributed by atoms with E-state index >= 15 is 0 Å². The molecule has 4 aromatic rings. The monoisotopic (exact) mass is 544 g/mol. The van der Waals surface area contributed by atoms with E-state index in [-0.39, 0.29) is 44.3 Å². The summed E-state index contributed by atoms with van der Waals surface area (Å²) >= 11 is 0. The van der Waals surface area contributed by atoms with Gasteiger partial charge in [-0.2, -0.15) is 16.8 Å². The van der Waals surface area contributed by atoms with Gasteiger partial charge in [-0.15, -0.1) is 0 Å². The number of benzene rings is 4. The Morgan fingerprint density at radius 2 is 0.838 bits per heavy atom. The first kappa shape index (κ1) is 25.8. The molecule has 0 amide bonds. The molecule has 0 radical (unpaired) electrons. The third kappa shape index (κ3) is 6.48. The number of rotatable bonds is 8. The van der Waals surface area contributed by atoms with Crippen molar-refractivity contribution in [2.45, 2.75) is 9.79 Å². The largest absolute Gasteiger partial charge is 0.453 e. The molecule has 0 heterocycles. The van der Waals surface area contributed by atoms with Crippen LogP contribution in [-0.4, -0.2) is 25.9 Å². The fraction of sp³-hybridized carbons (Fsp3) is 0. The second-order valence-electron chi connectivity index (χ2n) is 7.61. The van der Waals surface area contributed by atoms with Crippen LogP contribution in [0.1, 0.15) is 0 Å². The van der Waals surface area contributed by atoms with Crippen LogP contribution in [0.2, 0.25) is 0 Å². The predicted octanol–water partition coefficient (Wildman–Crippen LogP) is 4.72. The van der Waals surface area contributed by atoms with Gasteiger partial charge in [0.05, 0.1) is 9.79 Å². The van der Waals surface area contributed by atoms with Crippen LogP contribution >= 0.6 is 0 Å². The summed E-state index contributed by atoms with van der Waals surface area (Å²) in [5.74, 6) is 1.33. The van der Waals surface area contributed by atoms with Crippen molar-refractivity contribution in [3.05, 3.63) is 84.9 Å². The van der Waals surface area contributed by atoms with Crippen molar-refractivity contribution in [3.63, 3.8) is 0 Å². The van der Waals surface area contributed by atoms with E-state index in [1.165, 1.54) is 60.7 Å². The zero-order valence-corrected chi connectivity index (χ0v) is 20.4. The van der Waals surface area contributed by atoms with Crippen molar-refractivity contribution in [1.29, 1.82) is 0 Å². The quantitative estimate of drug-likeness (QED) is 0.177. The minimum atomic E-state index is -4.36. The number of nitrogen functional groups attached to an aromatic ring is 2. The second-order valence-corrected chi connectivity index (χ2v) is 10.5. The van der Waals surface area contributed by atoms with Crippen LogP contribution in [0.3, 0.4) is 0 Å². The lowest BCUT2D eigenvalue weighted by Gasteiger charge is -2.16. The first-order valence-corrected chi connectivity index (χ1v) is 13.2. The molecule has 0 saturated heterocycles. The molecule has 6 N–H and O–H groups in total. The maximum Gasteiger partial charge on any atom is 0.294 e. The smallest absolute Gasteiger partial charge is 0.294 e. The van der Waals surface area contributed by atoms with Crippen LogP contribution in [0.15, 0.2) is 94.7 Å². The molecule has 11 nitrogen and oxygen atoms in total.